The number of nitrogens with zero attached hydrogens (tertiary/aromatic N) is 3. The van der Waals surface area contributed by atoms with Gasteiger partial charge in [-0.3, -0.25) is 4.79 Å². The molecule has 170 valence electrons. The van der Waals surface area contributed by atoms with Crippen LogP contribution >= 0.6 is 11.6 Å². The van der Waals surface area contributed by atoms with Crippen molar-refractivity contribution in [2.75, 3.05) is 6.61 Å². The average Bonchev–Trinajstić information content (AvgIpc) is 3.23. The predicted octanol–water partition coefficient (Wildman–Crippen LogP) is 5.78. The van der Waals surface area contributed by atoms with Crippen LogP contribution in [0.4, 0.5) is 10.6 Å². The van der Waals surface area contributed by atoms with E-state index in [1.54, 1.807) is 43.5 Å². The number of hydrogen-bond donors (Lipinski definition) is 0. The number of benzene rings is 2. The molecule has 0 radical (unpaired) electrons. The number of fused-ring (bicyclic) bond motifs is 1. The van der Waals surface area contributed by atoms with Crippen LogP contribution < -0.4 is 4.74 Å². The first kappa shape index (κ1) is 22.7. The van der Waals surface area contributed by atoms with Gasteiger partial charge in [0.2, 0.25) is 0 Å². The van der Waals surface area contributed by atoms with Crippen molar-refractivity contribution < 1.29 is 19.1 Å². The van der Waals surface area contributed by atoms with E-state index in [-0.39, 0.29) is 12.6 Å². The first-order chi connectivity index (χ1) is 16.0. The molecule has 2 heterocycles. The third-order valence-corrected chi connectivity index (χ3v) is 5.80. The average molecular weight is 466 g/mol. The Morgan fingerprint density at radius 3 is 2.45 bits per heavy atom. The number of esters is 1. The summed E-state index contributed by atoms with van der Waals surface area (Å²) in [5.41, 5.74) is 1.99. The van der Waals surface area contributed by atoms with Crippen molar-refractivity contribution in [3.8, 4) is 5.75 Å². The molecule has 1 aromatic heterocycles. The van der Waals surface area contributed by atoms with Gasteiger partial charge in [0.1, 0.15) is 11.7 Å². The summed E-state index contributed by atoms with van der Waals surface area (Å²) in [6, 6.07) is 16.1. The van der Waals surface area contributed by atoms with Crippen LogP contribution in [0, 0.1) is 5.92 Å². The van der Waals surface area contributed by atoms with Crippen LogP contribution in [0.2, 0.25) is 5.02 Å². The fourth-order valence-electron chi connectivity index (χ4n) is 4.08. The second-order valence-electron chi connectivity index (χ2n) is 7.60. The Hall–Kier alpha value is -3.45. The molecule has 7 nitrogen and oxygen atoms in total. The van der Waals surface area contributed by atoms with Crippen LogP contribution in [0.3, 0.4) is 0 Å². The van der Waals surface area contributed by atoms with Crippen molar-refractivity contribution in [3.63, 3.8) is 0 Å². The largest absolute Gasteiger partial charge is 0.465 e. The molecule has 33 heavy (non-hydrogen) atoms. The summed E-state index contributed by atoms with van der Waals surface area (Å²) in [5, 5.41) is 4.79. The fourth-order valence-corrected chi connectivity index (χ4v) is 4.33. The molecular weight excluding hydrogens is 442 g/mol. The molecule has 4 rings (SSSR count). The highest BCUT2D eigenvalue weighted by atomic mass is 35.5. The van der Waals surface area contributed by atoms with Crippen LogP contribution in [0.1, 0.15) is 43.7 Å². The molecule has 1 aliphatic heterocycles. The minimum absolute atomic E-state index is 0.250. The highest BCUT2D eigenvalue weighted by Crippen LogP contribution is 2.45. The number of para-hydroxylation sites is 1. The summed E-state index contributed by atoms with van der Waals surface area (Å²) < 4.78 is 12.0. The molecule has 0 aliphatic carbocycles. The highest BCUT2D eigenvalue weighted by Gasteiger charge is 2.42. The lowest BCUT2D eigenvalue weighted by molar-refractivity contribution is -0.146. The second-order valence-corrected chi connectivity index (χ2v) is 8.01. The van der Waals surface area contributed by atoms with Gasteiger partial charge in [-0.05, 0) is 37.1 Å². The van der Waals surface area contributed by atoms with Crippen LogP contribution in [0.5, 0.6) is 5.75 Å². The molecule has 3 aromatic rings. The molecule has 0 fully saturated rings. The number of rotatable bonds is 6. The maximum atomic E-state index is 13.1. The first-order valence-corrected chi connectivity index (χ1v) is 11.3. The molecule has 0 spiro atoms. The normalized spacial score (nSPS) is 17.1. The van der Waals surface area contributed by atoms with Gasteiger partial charge in [-0.25, -0.2) is 9.79 Å². The smallest absolute Gasteiger partial charge is 0.442 e. The van der Waals surface area contributed by atoms with E-state index >= 15 is 0 Å². The molecule has 0 saturated carbocycles. The standard InChI is InChI=1S/C25H24ClN3O4/c1-3-10-20-22(24(30)32-4-2)21(17-13-8-9-14-19(17)26)18-15-27-29(23(18)28-20)25(31)33-16-11-6-5-7-12-16/h5-9,11-15,21-22H,3-4,10H2,1-2H3. The fraction of sp³-hybridized carbons (Fsp3) is 0.280. The van der Waals surface area contributed by atoms with E-state index in [2.05, 4.69) is 5.10 Å². The zero-order valence-corrected chi connectivity index (χ0v) is 19.2. The number of aliphatic imine (C=N–C) groups is 1. The molecule has 1 aliphatic rings. The third kappa shape index (κ3) is 4.54. The molecule has 2 atom stereocenters. The number of carbonyl (C=O) groups excluding carboxylic acids is 2. The molecule has 2 unspecified atom stereocenters. The first-order valence-electron chi connectivity index (χ1n) is 10.9. The van der Waals surface area contributed by atoms with Crippen LogP contribution in [0.15, 0.2) is 65.8 Å². The van der Waals surface area contributed by atoms with E-state index < -0.39 is 17.9 Å². The zero-order valence-electron chi connectivity index (χ0n) is 18.4. The van der Waals surface area contributed by atoms with E-state index in [4.69, 9.17) is 26.1 Å². The van der Waals surface area contributed by atoms with E-state index in [9.17, 15) is 9.59 Å². The summed E-state index contributed by atoms with van der Waals surface area (Å²) in [6.07, 6.45) is 2.19. The Balaban J connectivity index is 1.84. The van der Waals surface area contributed by atoms with Crippen molar-refractivity contribution in [1.82, 2.24) is 9.78 Å². The van der Waals surface area contributed by atoms with Crippen LogP contribution in [-0.2, 0) is 9.53 Å². The number of carbonyl (C=O) groups is 2. The second kappa shape index (κ2) is 10.0. The summed E-state index contributed by atoms with van der Waals surface area (Å²) >= 11 is 6.56. The van der Waals surface area contributed by atoms with Gasteiger partial charge in [-0.2, -0.15) is 5.10 Å². The van der Waals surface area contributed by atoms with Gasteiger partial charge in [0.15, 0.2) is 5.82 Å². The Kier molecular flexibility index (Phi) is 6.89. The van der Waals surface area contributed by atoms with Crippen molar-refractivity contribution in [2.24, 2.45) is 10.9 Å². The van der Waals surface area contributed by atoms with Gasteiger partial charge in [-0.1, -0.05) is 61.3 Å². The summed E-state index contributed by atoms with van der Waals surface area (Å²) in [5.74, 6) is -0.803. The van der Waals surface area contributed by atoms with E-state index in [1.165, 1.54) is 0 Å². The molecular formula is C25H24ClN3O4. The number of hydrogen-bond acceptors (Lipinski definition) is 6. The van der Waals surface area contributed by atoms with E-state index in [0.29, 0.717) is 34.3 Å². The lowest BCUT2D eigenvalue weighted by Crippen LogP contribution is -2.35. The van der Waals surface area contributed by atoms with Crippen molar-refractivity contribution in [2.45, 2.75) is 32.6 Å². The van der Waals surface area contributed by atoms with Crippen molar-refractivity contribution in [3.05, 3.63) is 76.9 Å². The maximum Gasteiger partial charge on any atom is 0.442 e. The lowest BCUT2D eigenvalue weighted by Gasteiger charge is -2.31. The van der Waals surface area contributed by atoms with Gasteiger partial charge < -0.3 is 9.47 Å². The lowest BCUT2D eigenvalue weighted by atomic mass is 9.76. The maximum absolute atomic E-state index is 13.1. The Morgan fingerprint density at radius 1 is 1.03 bits per heavy atom. The van der Waals surface area contributed by atoms with E-state index in [1.807, 2.05) is 31.2 Å². The zero-order chi connectivity index (χ0) is 23.4. The van der Waals surface area contributed by atoms with Gasteiger partial charge in [-0.15, -0.1) is 4.68 Å². The van der Waals surface area contributed by atoms with Gasteiger partial charge >= 0.3 is 12.1 Å². The van der Waals surface area contributed by atoms with Crippen molar-refractivity contribution >= 4 is 35.2 Å². The summed E-state index contributed by atoms with van der Waals surface area (Å²) in [4.78, 5) is 30.8. The Labute approximate surface area is 197 Å². The molecule has 0 saturated heterocycles. The van der Waals surface area contributed by atoms with Gasteiger partial charge in [0.25, 0.3) is 0 Å². The van der Waals surface area contributed by atoms with Crippen LogP contribution in [-0.4, -0.2) is 34.2 Å². The number of aromatic nitrogens is 2. The number of halogens is 1. The van der Waals surface area contributed by atoms with E-state index in [0.717, 1.165) is 16.7 Å². The molecule has 8 heteroatoms. The third-order valence-electron chi connectivity index (χ3n) is 5.46. The number of ether oxygens (including phenoxy) is 2. The minimum Gasteiger partial charge on any atom is -0.465 e. The molecule has 0 bridgehead atoms. The Morgan fingerprint density at radius 2 is 1.76 bits per heavy atom. The monoisotopic (exact) mass is 465 g/mol. The predicted molar refractivity (Wildman–Crippen MR) is 126 cm³/mol. The summed E-state index contributed by atoms with van der Waals surface area (Å²) in [7, 11) is 0. The Bertz CT molecular complexity index is 1190. The SMILES string of the molecule is CCCC1=Nc2c(cnn2C(=O)Oc2ccccc2)C(c2ccccc2Cl)C1C(=O)OCC. The quantitative estimate of drug-likeness (QED) is 0.431. The molecule has 2 aromatic carbocycles. The molecule has 0 amide bonds. The topological polar surface area (TPSA) is 82.8 Å². The van der Waals surface area contributed by atoms with Gasteiger partial charge in [0.05, 0.1) is 12.8 Å². The van der Waals surface area contributed by atoms with Crippen molar-refractivity contribution in [1.29, 1.82) is 0 Å². The van der Waals surface area contributed by atoms with Gasteiger partial charge in [0, 0.05) is 22.2 Å². The highest BCUT2D eigenvalue weighted by molar-refractivity contribution is 6.31. The molecule has 0 N–H and O–H groups in total. The summed E-state index contributed by atoms with van der Waals surface area (Å²) in [6.45, 7) is 4.02. The minimum atomic E-state index is -0.686. The van der Waals surface area contributed by atoms with Crippen LogP contribution in [0.25, 0.3) is 0 Å².